The summed E-state index contributed by atoms with van der Waals surface area (Å²) in [5, 5.41) is 3.81. The molecule has 1 aliphatic heterocycles. The molecule has 0 radical (unpaired) electrons. The van der Waals surface area contributed by atoms with Crippen LogP contribution in [0.25, 0.3) is 11.2 Å². The van der Waals surface area contributed by atoms with Crippen LogP contribution in [0.4, 0.5) is 0 Å². The lowest BCUT2D eigenvalue weighted by atomic mass is 9.91. The summed E-state index contributed by atoms with van der Waals surface area (Å²) in [4.78, 5) is 31.1. The highest BCUT2D eigenvalue weighted by Crippen LogP contribution is 2.27. The molecule has 0 spiro atoms. The number of nitrogens with one attached hydrogen (secondary N) is 2. The van der Waals surface area contributed by atoms with E-state index in [1.54, 1.807) is 6.07 Å². The second-order valence-electron chi connectivity index (χ2n) is 5.74. The van der Waals surface area contributed by atoms with E-state index in [2.05, 4.69) is 29.1 Å². The third-order valence-corrected chi connectivity index (χ3v) is 4.30. The zero-order valence-corrected chi connectivity index (χ0v) is 12.6. The zero-order chi connectivity index (χ0) is 15.1. The third kappa shape index (κ3) is 2.49. The molecular weight excluding hydrogens is 292 g/mol. The summed E-state index contributed by atoms with van der Waals surface area (Å²) in [7, 11) is 0. The second-order valence-corrected chi connectivity index (χ2v) is 6.18. The Morgan fingerprint density at radius 1 is 1.38 bits per heavy atom. The van der Waals surface area contributed by atoms with Gasteiger partial charge in [-0.3, -0.25) is 14.2 Å². The van der Waals surface area contributed by atoms with Crippen LogP contribution in [0, 0.1) is 5.92 Å². The molecule has 3 rings (SSSR count). The van der Waals surface area contributed by atoms with E-state index in [4.69, 9.17) is 11.6 Å². The number of rotatable bonds is 1. The van der Waals surface area contributed by atoms with Crippen LogP contribution in [0.1, 0.15) is 26.3 Å². The number of nitrogens with zero attached hydrogens (tertiary/aromatic N) is 2. The van der Waals surface area contributed by atoms with E-state index >= 15 is 0 Å². The number of aromatic amines is 1. The summed E-state index contributed by atoms with van der Waals surface area (Å²) >= 11 is 5.92. The smallest absolute Gasteiger partial charge is 0.315 e. The van der Waals surface area contributed by atoms with Gasteiger partial charge in [-0.15, -0.1) is 0 Å². The van der Waals surface area contributed by atoms with Crippen molar-refractivity contribution in [1.82, 2.24) is 19.9 Å². The molecule has 6 nitrogen and oxygen atoms in total. The van der Waals surface area contributed by atoms with Gasteiger partial charge in [0.15, 0.2) is 5.65 Å². The minimum absolute atomic E-state index is 0.0489. The lowest BCUT2D eigenvalue weighted by molar-refractivity contribution is 0.234. The molecule has 1 unspecified atom stereocenters. The predicted octanol–water partition coefficient (Wildman–Crippen LogP) is 1.30. The Labute approximate surface area is 126 Å². The average molecular weight is 309 g/mol. The van der Waals surface area contributed by atoms with Crippen molar-refractivity contribution < 1.29 is 0 Å². The molecule has 3 atom stereocenters. The topological polar surface area (TPSA) is 79.8 Å². The number of pyridine rings is 1. The van der Waals surface area contributed by atoms with Crippen molar-refractivity contribution in [3.8, 4) is 0 Å². The summed E-state index contributed by atoms with van der Waals surface area (Å²) in [6.45, 7) is 4.95. The van der Waals surface area contributed by atoms with Gasteiger partial charge in [0.2, 0.25) is 0 Å². The van der Waals surface area contributed by atoms with Crippen LogP contribution in [0.5, 0.6) is 0 Å². The van der Waals surface area contributed by atoms with Crippen molar-refractivity contribution in [3.05, 3.63) is 38.0 Å². The predicted molar refractivity (Wildman–Crippen MR) is 81.9 cm³/mol. The Hall–Kier alpha value is -1.66. The molecule has 0 aliphatic carbocycles. The molecule has 0 aromatic carbocycles. The van der Waals surface area contributed by atoms with Gasteiger partial charge in [0.05, 0.1) is 10.5 Å². The Balaban J connectivity index is 2.27. The van der Waals surface area contributed by atoms with Crippen molar-refractivity contribution in [2.45, 2.75) is 32.4 Å². The minimum atomic E-state index is -0.634. The first-order valence-corrected chi connectivity index (χ1v) is 7.38. The number of halogens is 1. The molecular formula is C14H17ClN4O2. The van der Waals surface area contributed by atoms with E-state index in [9.17, 15) is 9.59 Å². The van der Waals surface area contributed by atoms with Crippen LogP contribution < -0.4 is 16.4 Å². The summed E-state index contributed by atoms with van der Waals surface area (Å²) in [6.07, 6.45) is 2.28. The highest BCUT2D eigenvalue weighted by molar-refractivity contribution is 6.30. The van der Waals surface area contributed by atoms with Gasteiger partial charge in [0, 0.05) is 18.3 Å². The summed E-state index contributed by atoms with van der Waals surface area (Å²) in [5.74, 6) is 0.237. The first-order chi connectivity index (χ1) is 9.97. The lowest BCUT2D eigenvalue weighted by Crippen LogP contribution is -2.47. The molecule has 1 aliphatic rings. The van der Waals surface area contributed by atoms with E-state index in [-0.39, 0.29) is 12.0 Å². The van der Waals surface area contributed by atoms with E-state index < -0.39 is 11.1 Å². The molecule has 2 aromatic heterocycles. The minimum Gasteiger partial charge on any atom is -0.315 e. The second kappa shape index (κ2) is 5.27. The first kappa shape index (κ1) is 14.3. The number of piperidine rings is 1. The molecule has 3 heterocycles. The number of aromatic nitrogens is 3. The van der Waals surface area contributed by atoms with Crippen molar-refractivity contribution in [3.63, 3.8) is 0 Å². The molecule has 1 fully saturated rings. The summed E-state index contributed by atoms with van der Waals surface area (Å²) in [5.41, 5.74) is -0.214. The summed E-state index contributed by atoms with van der Waals surface area (Å²) < 4.78 is 1.53. The molecule has 112 valence electrons. The van der Waals surface area contributed by atoms with Gasteiger partial charge < -0.3 is 10.3 Å². The molecule has 1 saturated heterocycles. The molecule has 2 aromatic rings. The number of H-pyrrole nitrogens is 1. The maximum atomic E-state index is 12.3. The fraction of sp³-hybridized carbons (Fsp3) is 0.500. The maximum absolute atomic E-state index is 12.3. The highest BCUT2D eigenvalue weighted by Gasteiger charge is 2.29. The van der Waals surface area contributed by atoms with Gasteiger partial charge in [-0.05, 0) is 31.9 Å². The first-order valence-electron chi connectivity index (χ1n) is 7.01. The van der Waals surface area contributed by atoms with Crippen molar-refractivity contribution in [2.75, 3.05) is 6.54 Å². The Kier molecular flexibility index (Phi) is 3.59. The van der Waals surface area contributed by atoms with Crippen LogP contribution in [-0.2, 0) is 0 Å². The molecule has 7 heteroatoms. The van der Waals surface area contributed by atoms with Crippen LogP contribution in [-0.4, -0.2) is 27.1 Å². The standard InChI is InChI=1S/C14H17ClN4O2/c1-7-5-16-8(2)3-11(7)19-12-10(4-9(15)6-17-12)18-13(20)14(19)21/h4,6-8,11,16H,3,5H2,1-2H3,(H,18,20)/t7-,8+,11?/m0/s1. The van der Waals surface area contributed by atoms with Crippen molar-refractivity contribution in [1.29, 1.82) is 0 Å². The monoisotopic (exact) mass is 308 g/mol. The number of hydrogen-bond donors (Lipinski definition) is 2. The van der Waals surface area contributed by atoms with Gasteiger partial charge in [0.1, 0.15) is 0 Å². The van der Waals surface area contributed by atoms with Gasteiger partial charge in [-0.2, -0.15) is 0 Å². The van der Waals surface area contributed by atoms with Crippen LogP contribution in [0.2, 0.25) is 5.02 Å². The van der Waals surface area contributed by atoms with Crippen LogP contribution >= 0.6 is 11.6 Å². The molecule has 2 N–H and O–H groups in total. The Morgan fingerprint density at radius 3 is 2.90 bits per heavy atom. The third-order valence-electron chi connectivity index (χ3n) is 4.09. The van der Waals surface area contributed by atoms with Crippen LogP contribution in [0.3, 0.4) is 0 Å². The SMILES string of the molecule is C[C@@H]1CC(n2c(=O)c(=O)[nH]c3cc(Cl)cnc32)[C@@H](C)CN1. The Morgan fingerprint density at radius 2 is 2.14 bits per heavy atom. The quantitative estimate of drug-likeness (QED) is 0.778. The molecule has 0 bridgehead atoms. The Bertz CT molecular complexity index is 798. The fourth-order valence-electron chi connectivity index (χ4n) is 2.97. The zero-order valence-electron chi connectivity index (χ0n) is 11.9. The van der Waals surface area contributed by atoms with Gasteiger partial charge >= 0.3 is 11.1 Å². The fourth-order valence-corrected chi connectivity index (χ4v) is 3.12. The van der Waals surface area contributed by atoms with E-state index in [1.807, 2.05) is 0 Å². The van der Waals surface area contributed by atoms with Gasteiger partial charge in [0.25, 0.3) is 0 Å². The largest absolute Gasteiger partial charge is 0.318 e. The molecule has 21 heavy (non-hydrogen) atoms. The lowest BCUT2D eigenvalue weighted by Gasteiger charge is -2.35. The van der Waals surface area contributed by atoms with Crippen molar-refractivity contribution >= 4 is 22.8 Å². The highest BCUT2D eigenvalue weighted by atomic mass is 35.5. The normalized spacial score (nSPS) is 26.1. The number of fused-ring (bicyclic) bond motifs is 1. The van der Waals surface area contributed by atoms with E-state index in [0.29, 0.717) is 22.2 Å². The summed E-state index contributed by atoms with van der Waals surface area (Å²) in [6, 6.07) is 1.86. The van der Waals surface area contributed by atoms with E-state index in [0.717, 1.165) is 13.0 Å². The molecule has 0 saturated carbocycles. The van der Waals surface area contributed by atoms with Crippen LogP contribution in [0.15, 0.2) is 21.9 Å². The molecule has 0 amide bonds. The van der Waals surface area contributed by atoms with Gasteiger partial charge in [-0.1, -0.05) is 18.5 Å². The van der Waals surface area contributed by atoms with Gasteiger partial charge in [-0.25, -0.2) is 4.98 Å². The van der Waals surface area contributed by atoms with Crippen molar-refractivity contribution in [2.24, 2.45) is 5.92 Å². The van der Waals surface area contributed by atoms with E-state index in [1.165, 1.54) is 10.8 Å². The number of hydrogen-bond acceptors (Lipinski definition) is 4. The average Bonchev–Trinajstić information content (AvgIpc) is 2.44. The maximum Gasteiger partial charge on any atom is 0.318 e.